The highest BCUT2D eigenvalue weighted by Crippen LogP contribution is 2.20. The van der Waals surface area contributed by atoms with Crippen molar-refractivity contribution in [3.63, 3.8) is 0 Å². The number of hydrogen-bond acceptors (Lipinski definition) is 5. The van der Waals surface area contributed by atoms with Gasteiger partial charge < -0.3 is 10.1 Å². The van der Waals surface area contributed by atoms with Crippen LogP contribution in [0.4, 0.5) is 4.39 Å². The Morgan fingerprint density at radius 2 is 2.22 bits per heavy atom. The van der Waals surface area contributed by atoms with Crippen LogP contribution < -0.4 is 10.0 Å². The number of rotatable bonds is 5. The fraction of sp³-hybridized carbons (Fsp3) is 0.500. The van der Waals surface area contributed by atoms with Gasteiger partial charge in [-0.3, -0.25) is 0 Å². The molecule has 0 saturated carbocycles. The molecule has 9 heteroatoms. The lowest BCUT2D eigenvalue weighted by molar-refractivity contribution is 0.0590. The van der Waals surface area contributed by atoms with Gasteiger partial charge in [-0.15, -0.1) is 12.4 Å². The Morgan fingerprint density at radius 1 is 1.48 bits per heavy atom. The fourth-order valence-corrected chi connectivity index (χ4v) is 3.75. The minimum absolute atomic E-state index is 0. The lowest BCUT2D eigenvalue weighted by atomic mass is 10.0. The number of sulfonamides is 1. The number of nitrogens with one attached hydrogen (secondary N) is 2. The van der Waals surface area contributed by atoms with Gasteiger partial charge in [0.25, 0.3) is 0 Å². The summed E-state index contributed by atoms with van der Waals surface area (Å²) in [4.78, 5) is 11.2. The smallest absolute Gasteiger partial charge is 0.342 e. The lowest BCUT2D eigenvalue weighted by Gasteiger charge is -2.23. The van der Waals surface area contributed by atoms with E-state index in [0.29, 0.717) is 0 Å². The van der Waals surface area contributed by atoms with Gasteiger partial charge in [-0.2, -0.15) is 0 Å². The Bertz CT molecular complexity index is 648. The first kappa shape index (κ1) is 19.8. The standard InChI is InChI=1S/C14H19FN2O4S.ClH/c1-21-14(18)13-11(15)5-2-6-12(13)22(19,20)17-9-10-4-3-7-16-8-10;/h2,5-6,10,16-17H,3-4,7-9H2,1H3;1H. The predicted octanol–water partition coefficient (Wildman–Crippen LogP) is 1.31. The van der Waals surface area contributed by atoms with E-state index in [2.05, 4.69) is 14.8 Å². The highest BCUT2D eigenvalue weighted by Gasteiger charge is 2.27. The molecule has 0 spiro atoms. The van der Waals surface area contributed by atoms with Gasteiger partial charge in [0.15, 0.2) is 0 Å². The summed E-state index contributed by atoms with van der Waals surface area (Å²) < 4.78 is 45.4. The quantitative estimate of drug-likeness (QED) is 0.768. The third-order valence-corrected chi connectivity index (χ3v) is 5.08. The number of benzene rings is 1. The third-order valence-electron chi connectivity index (χ3n) is 3.62. The van der Waals surface area contributed by atoms with Gasteiger partial charge in [0.2, 0.25) is 10.0 Å². The first-order valence-electron chi connectivity index (χ1n) is 7.03. The second-order valence-corrected chi connectivity index (χ2v) is 6.90. The average molecular weight is 367 g/mol. The van der Waals surface area contributed by atoms with Crippen LogP contribution >= 0.6 is 12.4 Å². The maximum absolute atomic E-state index is 13.8. The highest BCUT2D eigenvalue weighted by molar-refractivity contribution is 7.89. The number of ether oxygens (including phenoxy) is 1. The molecule has 1 aliphatic heterocycles. The Kier molecular flexibility index (Phi) is 7.40. The Labute approximate surface area is 141 Å². The van der Waals surface area contributed by atoms with Crippen molar-refractivity contribution >= 4 is 28.4 Å². The molecule has 1 unspecified atom stereocenters. The highest BCUT2D eigenvalue weighted by atomic mass is 35.5. The maximum Gasteiger partial charge on any atom is 0.342 e. The second kappa shape index (κ2) is 8.58. The Hall–Kier alpha value is -1.22. The molecule has 1 saturated heterocycles. The van der Waals surface area contributed by atoms with Crippen molar-refractivity contribution in [3.8, 4) is 0 Å². The minimum atomic E-state index is -3.99. The normalized spacial score (nSPS) is 18.1. The minimum Gasteiger partial charge on any atom is -0.465 e. The average Bonchev–Trinajstić information content (AvgIpc) is 2.53. The molecule has 2 N–H and O–H groups in total. The molecule has 0 radical (unpaired) electrons. The van der Waals surface area contributed by atoms with Gasteiger partial charge >= 0.3 is 5.97 Å². The monoisotopic (exact) mass is 366 g/mol. The van der Waals surface area contributed by atoms with E-state index in [-0.39, 0.29) is 24.9 Å². The van der Waals surface area contributed by atoms with Gasteiger partial charge in [0.1, 0.15) is 11.4 Å². The number of piperidine rings is 1. The van der Waals surface area contributed by atoms with E-state index in [1.165, 1.54) is 12.1 Å². The van der Waals surface area contributed by atoms with E-state index in [0.717, 1.165) is 39.1 Å². The zero-order chi connectivity index (χ0) is 16.2. The summed E-state index contributed by atoms with van der Waals surface area (Å²) in [6.07, 6.45) is 1.91. The summed E-state index contributed by atoms with van der Waals surface area (Å²) in [5, 5.41) is 3.19. The number of esters is 1. The molecule has 0 aliphatic carbocycles. The van der Waals surface area contributed by atoms with Crippen LogP contribution in [0.25, 0.3) is 0 Å². The summed E-state index contributed by atoms with van der Waals surface area (Å²) in [5.41, 5.74) is -0.570. The van der Waals surface area contributed by atoms with Crippen LogP contribution in [0.15, 0.2) is 23.1 Å². The van der Waals surface area contributed by atoms with Crippen LogP contribution in [0.3, 0.4) is 0 Å². The lowest BCUT2D eigenvalue weighted by Crippen LogP contribution is -2.38. The van der Waals surface area contributed by atoms with E-state index < -0.39 is 32.3 Å². The zero-order valence-corrected chi connectivity index (χ0v) is 14.3. The largest absolute Gasteiger partial charge is 0.465 e. The van der Waals surface area contributed by atoms with Crippen molar-refractivity contribution in [1.29, 1.82) is 0 Å². The fourth-order valence-electron chi connectivity index (χ4n) is 2.43. The van der Waals surface area contributed by atoms with Gasteiger partial charge in [0, 0.05) is 6.54 Å². The van der Waals surface area contributed by atoms with Gasteiger partial charge in [-0.25, -0.2) is 22.3 Å². The summed E-state index contributed by atoms with van der Waals surface area (Å²) in [7, 11) is -2.91. The van der Waals surface area contributed by atoms with Crippen molar-refractivity contribution in [1.82, 2.24) is 10.0 Å². The summed E-state index contributed by atoms with van der Waals surface area (Å²) in [6.45, 7) is 1.90. The Morgan fingerprint density at radius 3 is 2.83 bits per heavy atom. The molecule has 0 amide bonds. The van der Waals surface area contributed by atoms with Crippen LogP contribution in [0.5, 0.6) is 0 Å². The SMILES string of the molecule is COC(=O)c1c(F)cccc1S(=O)(=O)NCC1CCCNC1.Cl. The van der Waals surface area contributed by atoms with Crippen LogP contribution in [-0.4, -0.2) is 41.1 Å². The number of carbonyl (C=O) groups is 1. The molecular weight excluding hydrogens is 347 g/mol. The Balaban J connectivity index is 0.00000264. The first-order chi connectivity index (χ1) is 10.5. The molecule has 1 heterocycles. The molecule has 1 fully saturated rings. The van der Waals surface area contributed by atoms with E-state index in [4.69, 9.17) is 0 Å². The van der Waals surface area contributed by atoms with E-state index in [9.17, 15) is 17.6 Å². The molecule has 23 heavy (non-hydrogen) atoms. The summed E-state index contributed by atoms with van der Waals surface area (Å²) >= 11 is 0. The number of hydrogen-bond donors (Lipinski definition) is 2. The molecule has 0 aromatic heterocycles. The predicted molar refractivity (Wildman–Crippen MR) is 85.8 cm³/mol. The van der Waals surface area contributed by atoms with Crippen molar-refractivity contribution in [2.45, 2.75) is 17.7 Å². The van der Waals surface area contributed by atoms with Crippen molar-refractivity contribution < 1.29 is 22.3 Å². The van der Waals surface area contributed by atoms with Crippen LogP contribution in [0, 0.1) is 11.7 Å². The van der Waals surface area contributed by atoms with Crippen molar-refractivity contribution in [2.75, 3.05) is 26.7 Å². The van der Waals surface area contributed by atoms with Crippen LogP contribution in [0.2, 0.25) is 0 Å². The molecule has 130 valence electrons. The summed E-state index contributed by atoms with van der Waals surface area (Å²) in [6, 6.07) is 3.46. The molecular formula is C14H20ClFN2O4S. The van der Waals surface area contributed by atoms with E-state index in [1.54, 1.807) is 0 Å². The van der Waals surface area contributed by atoms with Gasteiger partial charge in [-0.05, 0) is 44.0 Å². The second-order valence-electron chi connectivity index (χ2n) is 5.17. The van der Waals surface area contributed by atoms with Gasteiger partial charge in [-0.1, -0.05) is 6.07 Å². The molecule has 1 aromatic carbocycles. The molecule has 1 aliphatic rings. The molecule has 6 nitrogen and oxygen atoms in total. The number of carbonyl (C=O) groups excluding carboxylic acids is 1. The molecule has 1 aromatic rings. The van der Waals surface area contributed by atoms with Crippen molar-refractivity contribution in [3.05, 3.63) is 29.6 Å². The van der Waals surface area contributed by atoms with E-state index >= 15 is 0 Å². The van der Waals surface area contributed by atoms with E-state index in [1.807, 2.05) is 0 Å². The van der Waals surface area contributed by atoms with Crippen molar-refractivity contribution in [2.24, 2.45) is 5.92 Å². The van der Waals surface area contributed by atoms with Crippen LogP contribution in [-0.2, 0) is 14.8 Å². The van der Waals surface area contributed by atoms with Gasteiger partial charge in [0.05, 0.1) is 12.0 Å². The zero-order valence-electron chi connectivity index (χ0n) is 12.7. The maximum atomic E-state index is 13.8. The molecule has 2 rings (SSSR count). The summed E-state index contributed by atoms with van der Waals surface area (Å²) in [5.74, 6) is -1.76. The topological polar surface area (TPSA) is 84.5 Å². The number of halogens is 2. The molecule has 0 bridgehead atoms. The number of methoxy groups -OCH3 is 1. The first-order valence-corrected chi connectivity index (χ1v) is 8.51. The van der Waals surface area contributed by atoms with Crippen LogP contribution in [0.1, 0.15) is 23.2 Å². The molecule has 1 atom stereocenters. The third kappa shape index (κ3) is 4.87.